The van der Waals surface area contributed by atoms with Gasteiger partial charge in [0.05, 0.1) is 25.0 Å². The van der Waals surface area contributed by atoms with E-state index in [0.29, 0.717) is 17.0 Å². The molecule has 0 spiro atoms. The van der Waals surface area contributed by atoms with Gasteiger partial charge in [0.15, 0.2) is 5.82 Å². The zero-order valence-corrected chi connectivity index (χ0v) is 12.9. The molecule has 0 amide bonds. The van der Waals surface area contributed by atoms with Gasteiger partial charge in [-0.25, -0.2) is 17.9 Å². The summed E-state index contributed by atoms with van der Waals surface area (Å²) in [6.45, 7) is 1.56. The maximum atomic E-state index is 12.0. The molecule has 0 aliphatic rings. The van der Waals surface area contributed by atoms with Crippen molar-refractivity contribution in [3.63, 3.8) is 0 Å². The molecule has 1 N–H and O–H groups in total. The van der Waals surface area contributed by atoms with Gasteiger partial charge in [0.1, 0.15) is 0 Å². The Morgan fingerprint density at radius 3 is 2.82 bits per heavy atom. The van der Waals surface area contributed by atoms with E-state index >= 15 is 0 Å². The summed E-state index contributed by atoms with van der Waals surface area (Å²) in [5.74, 6) is -0.173. The average molecular weight is 325 g/mol. The summed E-state index contributed by atoms with van der Waals surface area (Å²) >= 11 is 0. The summed E-state index contributed by atoms with van der Waals surface area (Å²) in [7, 11) is -2.33. The second-order valence-corrected chi connectivity index (χ2v) is 6.31. The predicted octanol–water partition coefficient (Wildman–Crippen LogP) is 0.784. The molecule has 9 heteroatoms. The second-order valence-electron chi connectivity index (χ2n) is 4.50. The first-order valence-electron chi connectivity index (χ1n) is 6.33. The largest absolute Gasteiger partial charge is 0.465 e. The Kier molecular flexibility index (Phi) is 4.88. The van der Waals surface area contributed by atoms with Gasteiger partial charge in [-0.3, -0.25) is 0 Å². The fraction of sp³-hybridized carbons (Fsp3) is 0.308. The number of rotatable bonds is 6. The summed E-state index contributed by atoms with van der Waals surface area (Å²) in [5.41, 5.74) is 0.767. The van der Waals surface area contributed by atoms with E-state index < -0.39 is 16.0 Å². The molecule has 1 aromatic carbocycles. The number of sulfonamides is 1. The van der Waals surface area contributed by atoms with Crippen LogP contribution in [0.5, 0.6) is 0 Å². The lowest BCUT2D eigenvalue weighted by Crippen LogP contribution is -2.25. The number of nitrogens with one attached hydrogen (secondary N) is 1. The summed E-state index contributed by atoms with van der Waals surface area (Å²) in [6, 6.07) is 6.24. The molecule has 0 aliphatic carbocycles. The highest BCUT2D eigenvalue weighted by molar-refractivity contribution is 7.88. The number of carbonyl (C=O) groups excluding carboxylic acids is 1. The summed E-state index contributed by atoms with van der Waals surface area (Å²) in [4.78, 5) is 15.3. The highest BCUT2D eigenvalue weighted by Crippen LogP contribution is 2.10. The Hall–Kier alpha value is -2.26. The average Bonchev–Trinajstić information content (AvgIpc) is 2.90. The minimum atomic E-state index is -3.60. The van der Waals surface area contributed by atoms with Crippen molar-refractivity contribution in [2.24, 2.45) is 0 Å². The highest BCUT2D eigenvalue weighted by Gasteiger charge is 2.15. The molecule has 118 valence electrons. The van der Waals surface area contributed by atoms with Crippen LogP contribution in [-0.4, -0.2) is 31.6 Å². The van der Waals surface area contributed by atoms with E-state index in [0.717, 1.165) is 0 Å². The second kappa shape index (κ2) is 6.67. The molecule has 0 fully saturated rings. The number of methoxy groups -OCH3 is 1. The van der Waals surface area contributed by atoms with Crippen molar-refractivity contribution in [3.05, 3.63) is 47.1 Å². The zero-order valence-electron chi connectivity index (χ0n) is 12.1. The molecule has 1 heterocycles. The van der Waals surface area contributed by atoms with E-state index in [1.165, 1.54) is 13.2 Å². The van der Waals surface area contributed by atoms with Crippen molar-refractivity contribution in [1.29, 1.82) is 0 Å². The summed E-state index contributed by atoms with van der Waals surface area (Å²) < 4.78 is 35.8. The van der Waals surface area contributed by atoms with Gasteiger partial charge in [-0.05, 0) is 17.7 Å². The third kappa shape index (κ3) is 4.37. The van der Waals surface area contributed by atoms with Gasteiger partial charge in [0.2, 0.25) is 15.9 Å². The molecule has 0 radical (unpaired) electrons. The van der Waals surface area contributed by atoms with Crippen LogP contribution in [-0.2, 0) is 27.1 Å². The quantitative estimate of drug-likeness (QED) is 0.781. The van der Waals surface area contributed by atoms with Crippen LogP contribution in [0, 0.1) is 6.92 Å². The Balaban J connectivity index is 2.03. The first-order valence-corrected chi connectivity index (χ1v) is 7.98. The number of hydrogen-bond acceptors (Lipinski definition) is 7. The standard InChI is InChI=1S/C13H15N3O5S/c1-9-15-12(16-21-9)7-14-22(18,19)8-10-4-3-5-11(6-10)13(17)20-2/h3-6,14H,7-8H2,1-2H3. The Morgan fingerprint density at radius 2 is 2.18 bits per heavy atom. The van der Waals surface area contributed by atoms with Crippen molar-refractivity contribution in [3.8, 4) is 0 Å². The van der Waals surface area contributed by atoms with Crippen molar-refractivity contribution >= 4 is 16.0 Å². The third-order valence-corrected chi connectivity index (χ3v) is 4.02. The maximum absolute atomic E-state index is 12.0. The molecule has 8 nitrogen and oxygen atoms in total. The number of aromatic nitrogens is 2. The molecule has 0 aliphatic heterocycles. The lowest BCUT2D eigenvalue weighted by atomic mass is 10.1. The SMILES string of the molecule is COC(=O)c1cccc(CS(=O)(=O)NCc2noc(C)n2)c1. The fourth-order valence-electron chi connectivity index (χ4n) is 1.76. The molecular formula is C13H15N3O5S. The minimum Gasteiger partial charge on any atom is -0.465 e. The number of benzene rings is 1. The van der Waals surface area contributed by atoms with Crippen molar-refractivity contribution in [2.75, 3.05) is 7.11 Å². The molecule has 0 unspecified atom stereocenters. The van der Waals surface area contributed by atoms with E-state index in [2.05, 4.69) is 19.6 Å². The molecule has 0 saturated carbocycles. The number of carbonyl (C=O) groups is 1. The normalized spacial score (nSPS) is 11.4. The van der Waals surface area contributed by atoms with Gasteiger partial charge < -0.3 is 9.26 Å². The van der Waals surface area contributed by atoms with Gasteiger partial charge in [-0.15, -0.1) is 0 Å². The van der Waals surface area contributed by atoms with Gasteiger partial charge in [0.25, 0.3) is 0 Å². The predicted molar refractivity (Wildman–Crippen MR) is 76.3 cm³/mol. The van der Waals surface area contributed by atoms with E-state index in [4.69, 9.17) is 4.52 Å². The number of aryl methyl sites for hydroxylation is 1. The molecule has 2 aromatic rings. The van der Waals surface area contributed by atoms with Gasteiger partial charge in [-0.1, -0.05) is 17.3 Å². The Bertz CT molecular complexity index is 769. The van der Waals surface area contributed by atoms with Crippen LogP contribution in [0.3, 0.4) is 0 Å². The van der Waals surface area contributed by atoms with Crippen LogP contribution in [0.15, 0.2) is 28.8 Å². The van der Waals surface area contributed by atoms with Crippen molar-refractivity contribution < 1.29 is 22.5 Å². The van der Waals surface area contributed by atoms with Crippen LogP contribution in [0.4, 0.5) is 0 Å². The van der Waals surface area contributed by atoms with Gasteiger partial charge in [0, 0.05) is 6.92 Å². The number of hydrogen-bond donors (Lipinski definition) is 1. The van der Waals surface area contributed by atoms with Crippen LogP contribution in [0.2, 0.25) is 0 Å². The lowest BCUT2D eigenvalue weighted by molar-refractivity contribution is 0.0600. The third-order valence-electron chi connectivity index (χ3n) is 2.72. The van der Waals surface area contributed by atoms with E-state index in [1.807, 2.05) is 0 Å². The maximum Gasteiger partial charge on any atom is 0.337 e. The minimum absolute atomic E-state index is 0.0592. The van der Waals surface area contributed by atoms with Crippen LogP contribution in [0.1, 0.15) is 27.6 Å². The highest BCUT2D eigenvalue weighted by atomic mass is 32.2. The van der Waals surface area contributed by atoms with Crippen LogP contribution in [0.25, 0.3) is 0 Å². The molecule has 22 heavy (non-hydrogen) atoms. The molecule has 2 rings (SSSR count). The van der Waals surface area contributed by atoms with E-state index in [9.17, 15) is 13.2 Å². The molecule has 0 atom stereocenters. The molecule has 1 aromatic heterocycles. The Labute approximate surface area is 127 Å². The Morgan fingerprint density at radius 1 is 1.41 bits per heavy atom. The number of esters is 1. The number of ether oxygens (including phenoxy) is 1. The van der Waals surface area contributed by atoms with E-state index in [1.54, 1.807) is 25.1 Å². The molecule has 0 bridgehead atoms. The van der Waals surface area contributed by atoms with Crippen LogP contribution < -0.4 is 4.72 Å². The fourth-order valence-corrected chi connectivity index (χ4v) is 2.83. The lowest BCUT2D eigenvalue weighted by Gasteiger charge is -2.06. The summed E-state index contributed by atoms with van der Waals surface area (Å²) in [6.07, 6.45) is 0. The molecular weight excluding hydrogens is 310 g/mol. The molecule has 0 saturated heterocycles. The first kappa shape index (κ1) is 16.1. The van der Waals surface area contributed by atoms with Gasteiger partial charge in [-0.2, -0.15) is 4.98 Å². The first-order chi connectivity index (χ1) is 10.4. The van der Waals surface area contributed by atoms with Crippen molar-refractivity contribution in [2.45, 2.75) is 19.2 Å². The monoisotopic (exact) mass is 325 g/mol. The van der Waals surface area contributed by atoms with Crippen molar-refractivity contribution in [1.82, 2.24) is 14.9 Å². The van der Waals surface area contributed by atoms with Gasteiger partial charge >= 0.3 is 5.97 Å². The van der Waals surface area contributed by atoms with Crippen LogP contribution >= 0.6 is 0 Å². The zero-order chi connectivity index (χ0) is 16.2. The smallest absolute Gasteiger partial charge is 0.337 e. The number of nitrogens with zero attached hydrogens (tertiary/aromatic N) is 2. The summed E-state index contributed by atoms with van der Waals surface area (Å²) in [5, 5.41) is 3.60. The topological polar surface area (TPSA) is 111 Å². The van der Waals surface area contributed by atoms with E-state index in [-0.39, 0.29) is 18.1 Å².